The largest absolute Gasteiger partial charge is 0.313 e. The van der Waals surface area contributed by atoms with Gasteiger partial charge in [0, 0.05) is 25.7 Å². The molecule has 0 amide bonds. The van der Waals surface area contributed by atoms with E-state index in [0.717, 1.165) is 18.9 Å². The van der Waals surface area contributed by atoms with Crippen molar-refractivity contribution >= 4 is 10.0 Å². The standard InChI is InChI=1S/C11H22N2O2S/c1-10(9-11-3-4-11)12-5-7-13-6-2-8-16(13,14)15/h10-12H,2-9H2,1H3. The molecule has 1 heterocycles. The Morgan fingerprint density at radius 2 is 2.19 bits per heavy atom. The van der Waals surface area contributed by atoms with Crippen molar-refractivity contribution in [2.75, 3.05) is 25.4 Å². The Labute approximate surface area is 98.4 Å². The fourth-order valence-electron chi connectivity index (χ4n) is 2.31. The first kappa shape index (κ1) is 12.3. The van der Waals surface area contributed by atoms with E-state index in [1.165, 1.54) is 19.3 Å². The minimum atomic E-state index is -2.90. The van der Waals surface area contributed by atoms with Crippen LogP contribution in [0.1, 0.15) is 32.6 Å². The summed E-state index contributed by atoms with van der Waals surface area (Å²) in [5.41, 5.74) is 0. The Morgan fingerprint density at radius 1 is 1.44 bits per heavy atom. The molecule has 1 saturated heterocycles. The molecule has 0 aromatic rings. The van der Waals surface area contributed by atoms with E-state index in [0.29, 0.717) is 24.9 Å². The summed E-state index contributed by atoms with van der Waals surface area (Å²) in [6.45, 7) is 4.32. The maximum atomic E-state index is 11.5. The van der Waals surface area contributed by atoms with Gasteiger partial charge < -0.3 is 5.32 Å². The summed E-state index contributed by atoms with van der Waals surface area (Å²) >= 11 is 0. The third-order valence-electron chi connectivity index (χ3n) is 3.44. The molecule has 1 N–H and O–H groups in total. The molecule has 16 heavy (non-hydrogen) atoms. The van der Waals surface area contributed by atoms with Gasteiger partial charge in [-0.1, -0.05) is 12.8 Å². The molecule has 2 fully saturated rings. The van der Waals surface area contributed by atoms with Gasteiger partial charge in [0.2, 0.25) is 10.0 Å². The van der Waals surface area contributed by atoms with E-state index >= 15 is 0 Å². The number of rotatable bonds is 6. The predicted molar refractivity (Wildman–Crippen MR) is 64.8 cm³/mol. The zero-order valence-electron chi connectivity index (χ0n) is 9.98. The van der Waals surface area contributed by atoms with Crippen LogP contribution in [0.4, 0.5) is 0 Å². The Hall–Kier alpha value is -0.130. The van der Waals surface area contributed by atoms with Gasteiger partial charge in [0.15, 0.2) is 0 Å². The first-order valence-corrected chi connectivity index (χ1v) is 7.90. The maximum absolute atomic E-state index is 11.5. The molecule has 2 rings (SSSR count). The summed E-state index contributed by atoms with van der Waals surface area (Å²) in [6.07, 6.45) is 4.80. The molecule has 1 unspecified atom stereocenters. The van der Waals surface area contributed by atoms with Crippen molar-refractivity contribution in [3.05, 3.63) is 0 Å². The lowest BCUT2D eigenvalue weighted by atomic mass is 10.1. The quantitative estimate of drug-likeness (QED) is 0.754. The van der Waals surface area contributed by atoms with E-state index in [1.807, 2.05) is 0 Å². The molecule has 0 spiro atoms. The molecule has 2 aliphatic rings. The average Bonchev–Trinajstić information content (AvgIpc) is 2.93. The van der Waals surface area contributed by atoms with Crippen LogP contribution in [0.15, 0.2) is 0 Å². The summed E-state index contributed by atoms with van der Waals surface area (Å²) < 4.78 is 24.7. The lowest BCUT2D eigenvalue weighted by Crippen LogP contribution is -2.37. The van der Waals surface area contributed by atoms with Crippen LogP contribution in [0, 0.1) is 5.92 Å². The molecule has 1 atom stereocenters. The fourth-order valence-corrected chi connectivity index (χ4v) is 3.84. The Kier molecular flexibility index (Phi) is 3.87. The number of hydrogen-bond donors (Lipinski definition) is 1. The highest BCUT2D eigenvalue weighted by atomic mass is 32.2. The number of nitrogens with zero attached hydrogens (tertiary/aromatic N) is 1. The molecule has 1 aliphatic heterocycles. The first-order chi connectivity index (χ1) is 7.58. The van der Waals surface area contributed by atoms with Crippen LogP contribution in [-0.4, -0.2) is 44.2 Å². The SMILES string of the molecule is CC(CC1CC1)NCCN1CCCS1(=O)=O. The minimum Gasteiger partial charge on any atom is -0.313 e. The van der Waals surface area contributed by atoms with E-state index in [4.69, 9.17) is 0 Å². The molecule has 0 bridgehead atoms. The van der Waals surface area contributed by atoms with Gasteiger partial charge in [-0.15, -0.1) is 0 Å². The smallest absolute Gasteiger partial charge is 0.214 e. The lowest BCUT2D eigenvalue weighted by Gasteiger charge is -2.17. The number of sulfonamides is 1. The molecule has 5 heteroatoms. The second-order valence-electron chi connectivity index (χ2n) is 5.10. The van der Waals surface area contributed by atoms with Crippen molar-refractivity contribution in [2.24, 2.45) is 5.92 Å². The molecule has 94 valence electrons. The van der Waals surface area contributed by atoms with Crippen molar-refractivity contribution in [3.8, 4) is 0 Å². The number of hydrogen-bond acceptors (Lipinski definition) is 3. The average molecular weight is 246 g/mol. The molecule has 1 aliphatic carbocycles. The maximum Gasteiger partial charge on any atom is 0.214 e. The topological polar surface area (TPSA) is 49.4 Å². The summed E-state index contributed by atoms with van der Waals surface area (Å²) in [4.78, 5) is 0. The van der Waals surface area contributed by atoms with Crippen molar-refractivity contribution in [1.82, 2.24) is 9.62 Å². The highest BCUT2D eigenvalue weighted by molar-refractivity contribution is 7.89. The zero-order valence-corrected chi connectivity index (χ0v) is 10.8. The normalized spacial score (nSPS) is 27.1. The molecular weight excluding hydrogens is 224 g/mol. The van der Waals surface area contributed by atoms with Crippen molar-refractivity contribution in [3.63, 3.8) is 0 Å². The lowest BCUT2D eigenvalue weighted by molar-refractivity contribution is 0.408. The Bertz CT molecular complexity index is 325. The van der Waals surface area contributed by atoms with Gasteiger partial charge in [-0.3, -0.25) is 0 Å². The van der Waals surface area contributed by atoms with Crippen LogP contribution in [0.25, 0.3) is 0 Å². The van der Waals surface area contributed by atoms with Crippen LogP contribution in [0.3, 0.4) is 0 Å². The van der Waals surface area contributed by atoms with E-state index < -0.39 is 10.0 Å². The first-order valence-electron chi connectivity index (χ1n) is 6.29. The molecule has 0 aromatic heterocycles. The van der Waals surface area contributed by atoms with Crippen LogP contribution in [0.2, 0.25) is 0 Å². The van der Waals surface area contributed by atoms with Crippen LogP contribution in [0.5, 0.6) is 0 Å². The van der Waals surface area contributed by atoms with Gasteiger partial charge in [-0.25, -0.2) is 12.7 Å². The van der Waals surface area contributed by atoms with E-state index in [1.54, 1.807) is 4.31 Å². The van der Waals surface area contributed by atoms with Crippen molar-refractivity contribution < 1.29 is 8.42 Å². The van der Waals surface area contributed by atoms with Gasteiger partial charge >= 0.3 is 0 Å². The Balaban J connectivity index is 1.63. The third kappa shape index (κ3) is 3.43. The van der Waals surface area contributed by atoms with Crippen LogP contribution < -0.4 is 5.32 Å². The highest BCUT2D eigenvalue weighted by Gasteiger charge is 2.28. The van der Waals surface area contributed by atoms with E-state index in [-0.39, 0.29) is 0 Å². The van der Waals surface area contributed by atoms with Gasteiger partial charge in [-0.05, 0) is 25.7 Å². The van der Waals surface area contributed by atoms with Crippen molar-refractivity contribution in [2.45, 2.75) is 38.6 Å². The van der Waals surface area contributed by atoms with Crippen LogP contribution in [-0.2, 0) is 10.0 Å². The predicted octanol–water partition coefficient (Wildman–Crippen LogP) is 0.800. The summed E-state index contributed by atoms with van der Waals surface area (Å²) in [5.74, 6) is 1.27. The monoisotopic (exact) mass is 246 g/mol. The Morgan fingerprint density at radius 3 is 2.75 bits per heavy atom. The van der Waals surface area contributed by atoms with Crippen LogP contribution >= 0.6 is 0 Å². The van der Waals surface area contributed by atoms with Gasteiger partial charge in [-0.2, -0.15) is 0 Å². The molecule has 0 aromatic carbocycles. The highest BCUT2D eigenvalue weighted by Crippen LogP contribution is 2.33. The van der Waals surface area contributed by atoms with E-state index in [2.05, 4.69) is 12.2 Å². The molecular formula is C11H22N2O2S. The van der Waals surface area contributed by atoms with Gasteiger partial charge in [0.05, 0.1) is 5.75 Å². The summed E-state index contributed by atoms with van der Waals surface area (Å²) in [7, 11) is -2.90. The minimum absolute atomic E-state index is 0.338. The summed E-state index contributed by atoms with van der Waals surface area (Å²) in [6, 6.07) is 0.526. The van der Waals surface area contributed by atoms with E-state index in [9.17, 15) is 8.42 Å². The summed E-state index contributed by atoms with van der Waals surface area (Å²) in [5, 5.41) is 3.41. The zero-order chi connectivity index (χ0) is 11.6. The molecule has 4 nitrogen and oxygen atoms in total. The molecule has 1 saturated carbocycles. The van der Waals surface area contributed by atoms with Gasteiger partial charge in [0.1, 0.15) is 0 Å². The fraction of sp³-hybridized carbons (Fsp3) is 1.00. The molecule has 0 radical (unpaired) electrons. The second-order valence-corrected chi connectivity index (χ2v) is 7.19. The number of nitrogens with one attached hydrogen (secondary N) is 1. The van der Waals surface area contributed by atoms with Crippen molar-refractivity contribution in [1.29, 1.82) is 0 Å². The third-order valence-corrected chi connectivity index (χ3v) is 5.40. The van der Waals surface area contributed by atoms with Gasteiger partial charge in [0.25, 0.3) is 0 Å². The second kappa shape index (κ2) is 5.02.